The first-order valence-corrected chi connectivity index (χ1v) is 7.27. The summed E-state index contributed by atoms with van der Waals surface area (Å²) in [5.74, 6) is -0.103. The number of hydrogen-bond acceptors (Lipinski definition) is 2. The summed E-state index contributed by atoms with van der Waals surface area (Å²) in [6.07, 6.45) is 2.34. The SMILES string of the molecule is CCNC(C)c1c(F)cccc1N1CCCC1(C)C. The second kappa shape index (κ2) is 5.49. The Hall–Kier alpha value is -1.09. The maximum atomic E-state index is 14.3. The van der Waals surface area contributed by atoms with Gasteiger partial charge in [0.2, 0.25) is 0 Å². The summed E-state index contributed by atoms with van der Waals surface area (Å²) in [6.45, 7) is 10.4. The van der Waals surface area contributed by atoms with Crippen LogP contribution in [-0.2, 0) is 0 Å². The first-order chi connectivity index (χ1) is 8.97. The quantitative estimate of drug-likeness (QED) is 0.888. The van der Waals surface area contributed by atoms with E-state index in [0.717, 1.165) is 24.3 Å². The molecule has 0 spiro atoms. The largest absolute Gasteiger partial charge is 0.366 e. The molecular weight excluding hydrogens is 239 g/mol. The average Bonchev–Trinajstić information content (AvgIpc) is 2.68. The minimum Gasteiger partial charge on any atom is -0.366 e. The molecule has 0 saturated carbocycles. The van der Waals surface area contributed by atoms with Crippen molar-refractivity contribution >= 4 is 5.69 Å². The predicted molar refractivity (Wildman–Crippen MR) is 79.2 cm³/mol. The van der Waals surface area contributed by atoms with Crippen molar-refractivity contribution in [3.8, 4) is 0 Å². The van der Waals surface area contributed by atoms with E-state index in [-0.39, 0.29) is 17.4 Å². The van der Waals surface area contributed by atoms with Gasteiger partial charge in [0.1, 0.15) is 5.82 Å². The molecule has 1 heterocycles. The summed E-state index contributed by atoms with van der Waals surface area (Å²) >= 11 is 0. The molecule has 1 atom stereocenters. The molecule has 1 N–H and O–H groups in total. The van der Waals surface area contributed by atoms with Gasteiger partial charge in [-0.1, -0.05) is 13.0 Å². The molecule has 1 fully saturated rings. The zero-order valence-electron chi connectivity index (χ0n) is 12.5. The highest BCUT2D eigenvalue weighted by Gasteiger charge is 2.34. The van der Waals surface area contributed by atoms with Crippen molar-refractivity contribution in [3.05, 3.63) is 29.6 Å². The number of benzene rings is 1. The maximum absolute atomic E-state index is 14.3. The zero-order valence-corrected chi connectivity index (χ0v) is 12.5. The second-order valence-electron chi connectivity index (χ2n) is 6.02. The zero-order chi connectivity index (χ0) is 14.0. The Morgan fingerprint density at radius 3 is 2.74 bits per heavy atom. The van der Waals surface area contributed by atoms with Gasteiger partial charge >= 0.3 is 0 Å². The van der Waals surface area contributed by atoms with Crippen LogP contribution in [0.3, 0.4) is 0 Å². The third-order valence-electron chi connectivity index (χ3n) is 4.17. The molecule has 1 aliphatic rings. The minimum atomic E-state index is -0.103. The molecular formula is C16H25FN2. The van der Waals surface area contributed by atoms with Gasteiger partial charge in [-0.05, 0) is 52.3 Å². The first kappa shape index (κ1) is 14.3. The fraction of sp³-hybridized carbons (Fsp3) is 0.625. The number of halogens is 1. The molecule has 0 bridgehead atoms. The normalized spacial score (nSPS) is 19.7. The molecule has 0 aliphatic carbocycles. The summed E-state index contributed by atoms with van der Waals surface area (Å²) in [5.41, 5.74) is 1.98. The Bertz CT molecular complexity index is 442. The molecule has 106 valence electrons. The summed E-state index contributed by atoms with van der Waals surface area (Å²) in [6, 6.07) is 5.48. The lowest BCUT2D eigenvalue weighted by molar-refractivity contribution is 0.503. The van der Waals surface area contributed by atoms with Crippen LogP contribution < -0.4 is 10.2 Å². The van der Waals surface area contributed by atoms with Crippen LogP contribution in [0.4, 0.5) is 10.1 Å². The van der Waals surface area contributed by atoms with Gasteiger partial charge in [-0.3, -0.25) is 0 Å². The van der Waals surface area contributed by atoms with Gasteiger partial charge in [-0.15, -0.1) is 0 Å². The third kappa shape index (κ3) is 2.76. The molecule has 19 heavy (non-hydrogen) atoms. The Labute approximate surface area is 116 Å². The van der Waals surface area contributed by atoms with Crippen LogP contribution in [0.2, 0.25) is 0 Å². The lowest BCUT2D eigenvalue weighted by Crippen LogP contribution is -2.39. The Morgan fingerprint density at radius 1 is 1.42 bits per heavy atom. The van der Waals surface area contributed by atoms with E-state index in [1.165, 1.54) is 12.8 Å². The molecule has 3 heteroatoms. The van der Waals surface area contributed by atoms with E-state index in [0.29, 0.717) is 0 Å². The molecule has 0 amide bonds. The summed E-state index contributed by atoms with van der Waals surface area (Å²) in [7, 11) is 0. The van der Waals surface area contributed by atoms with Crippen LogP contribution in [0, 0.1) is 5.82 Å². The fourth-order valence-electron chi connectivity index (χ4n) is 3.15. The highest BCUT2D eigenvalue weighted by atomic mass is 19.1. The highest BCUT2D eigenvalue weighted by Crippen LogP contribution is 2.38. The average molecular weight is 264 g/mol. The molecule has 1 aliphatic heterocycles. The molecule has 1 aromatic carbocycles. The van der Waals surface area contributed by atoms with Crippen molar-refractivity contribution in [2.75, 3.05) is 18.0 Å². The Balaban J connectivity index is 2.43. The number of nitrogens with one attached hydrogen (secondary N) is 1. The molecule has 1 unspecified atom stereocenters. The van der Waals surface area contributed by atoms with Crippen LogP contribution in [0.15, 0.2) is 18.2 Å². The van der Waals surface area contributed by atoms with E-state index in [1.54, 1.807) is 6.07 Å². The topological polar surface area (TPSA) is 15.3 Å². The van der Waals surface area contributed by atoms with Crippen LogP contribution in [-0.4, -0.2) is 18.6 Å². The molecule has 0 aromatic heterocycles. The van der Waals surface area contributed by atoms with Gasteiger partial charge in [0.15, 0.2) is 0 Å². The van der Waals surface area contributed by atoms with Crippen molar-refractivity contribution in [2.45, 2.75) is 52.1 Å². The van der Waals surface area contributed by atoms with Crippen molar-refractivity contribution in [3.63, 3.8) is 0 Å². The number of hydrogen-bond donors (Lipinski definition) is 1. The molecule has 2 rings (SSSR count). The first-order valence-electron chi connectivity index (χ1n) is 7.27. The van der Waals surface area contributed by atoms with Crippen molar-refractivity contribution in [1.82, 2.24) is 5.32 Å². The predicted octanol–water partition coefficient (Wildman–Crippen LogP) is 3.88. The standard InChI is InChI=1S/C16H25FN2/c1-5-18-12(2)15-13(17)8-6-9-14(15)19-11-7-10-16(19,3)4/h6,8-9,12,18H,5,7,10-11H2,1-4H3. The van der Waals surface area contributed by atoms with Gasteiger partial charge in [-0.25, -0.2) is 4.39 Å². The Morgan fingerprint density at radius 2 is 2.16 bits per heavy atom. The molecule has 0 radical (unpaired) electrons. The van der Waals surface area contributed by atoms with Gasteiger partial charge in [-0.2, -0.15) is 0 Å². The summed E-state index contributed by atoms with van der Waals surface area (Å²) in [5, 5.41) is 3.33. The second-order valence-corrected chi connectivity index (χ2v) is 6.02. The maximum Gasteiger partial charge on any atom is 0.130 e. The van der Waals surface area contributed by atoms with Gasteiger partial charge in [0.25, 0.3) is 0 Å². The van der Waals surface area contributed by atoms with E-state index < -0.39 is 0 Å². The Kier molecular flexibility index (Phi) is 4.14. The number of rotatable bonds is 4. The van der Waals surface area contributed by atoms with Gasteiger partial charge < -0.3 is 10.2 Å². The lowest BCUT2D eigenvalue weighted by Gasteiger charge is -2.36. The summed E-state index contributed by atoms with van der Waals surface area (Å²) < 4.78 is 14.3. The van der Waals surface area contributed by atoms with E-state index in [1.807, 2.05) is 13.0 Å². The molecule has 2 nitrogen and oxygen atoms in total. The van der Waals surface area contributed by atoms with Crippen LogP contribution in [0.1, 0.15) is 52.1 Å². The fourth-order valence-corrected chi connectivity index (χ4v) is 3.15. The van der Waals surface area contributed by atoms with Gasteiger partial charge in [0, 0.05) is 29.4 Å². The monoisotopic (exact) mass is 264 g/mol. The summed E-state index contributed by atoms with van der Waals surface area (Å²) in [4.78, 5) is 2.36. The minimum absolute atomic E-state index is 0.0394. The van der Waals surface area contributed by atoms with Crippen LogP contribution >= 0.6 is 0 Å². The van der Waals surface area contributed by atoms with Crippen LogP contribution in [0.5, 0.6) is 0 Å². The number of nitrogens with zero attached hydrogens (tertiary/aromatic N) is 1. The van der Waals surface area contributed by atoms with E-state index in [2.05, 4.69) is 37.1 Å². The van der Waals surface area contributed by atoms with E-state index >= 15 is 0 Å². The third-order valence-corrected chi connectivity index (χ3v) is 4.17. The van der Waals surface area contributed by atoms with Crippen molar-refractivity contribution in [1.29, 1.82) is 0 Å². The van der Waals surface area contributed by atoms with E-state index in [4.69, 9.17) is 0 Å². The van der Waals surface area contributed by atoms with Crippen molar-refractivity contribution < 1.29 is 4.39 Å². The van der Waals surface area contributed by atoms with Crippen LogP contribution in [0.25, 0.3) is 0 Å². The van der Waals surface area contributed by atoms with Gasteiger partial charge in [0.05, 0.1) is 0 Å². The smallest absolute Gasteiger partial charge is 0.130 e. The molecule has 1 aromatic rings. The van der Waals surface area contributed by atoms with Crippen molar-refractivity contribution in [2.24, 2.45) is 0 Å². The van der Waals surface area contributed by atoms with E-state index in [9.17, 15) is 4.39 Å². The highest BCUT2D eigenvalue weighted by molar-refractivity contribution is 5.58. The lowest BCUT2D eigenvalue weighted by atomic mass is 9.98. The molecule has 1 saturated heterocycles. The number of anilines is 1.